The quantitative estimate of drug-likeness (QED) is 0.944. The molecule has 1 saturated heterocycles. The number of H-pyrrole nitrogens is 1. The van der Waals surface area contributed by atoms with Gasteiger partial charge in [-0.15, -0.1) is 0 Å². The van der Waals surface area contributed by atoms with Gasteiger partial charge in [-0.1, -0.05) is 12.1 Å². The number of carbonyl (C=O) groups excluding carboxylic acids is 1. The molecule has 1 amide bonds. The summed E-state index contributed by atoms with van der Waals surface area (Å²) in [6.07, 6.45) is 5.40. The molecule has 3 rings (SSSR count). The third kappa shape index (κ3) is 3.32. The number of aryl methyl sites for hydroxylation is 1. The van der Waals surface area contributed by atoms with Crippen molar-refractivity contribution in [1.82, 2.24) is 20.1 Å². The number of likely N-dealkylation sites (tertiary alicyclic amines) is 1. The molecule has 1 N–H and O–H groups in total. The number of benzene rings is 1. The highest BCUT2D eigenvalue weighted by Crippen LogP contribution is 2.29. The first kappa shape index (κ1) is 14.7. The van der Waals surface area contributed by atoms with Gasteiger partial charge in [-0.25, -0.2) is 9.37 Å². The molecule has 6 heteroatoms. The van der Waals surface area contributed by atoms with Crippen LogP contribution >= 0.6 is 0 Å². The third-order valence-electron chi connectivity index (χ3n) is 4.09. The van der Waals surface area contributed by atoms with E-state index in [-0.39, 0.29) is 17.8 Å². The molecule has 0 bridgehead atoms. The number of aromatic nitrogens is 3. The molecule has 5 nitrogen and oxygen atoms in total. The Kier molecular flexibility index (Phi) is 4.46. The van der Waals surface area contributed by atoms with Gasteiger partial charge in [0.1, 0.15) is 18.0 Å². The lowest BCUT2D eigenvalue weighted by Gasteiger charge is -2.34. The summed E-state index contributed by atoms with van der Waals surface area (Å²) in [6, 6.07) is 6.40. The SMILES string of the molecule is O=C(CCc1cccc(F)c1)N1CCCC[C@H]1c1ncn[nH]1. The molecule has 116 valence electrons. The summed E-state index contributed by atoms with van der Waals surface area (Å²) < 4.78 is 13.2. The van der Waals surface area contributed by atoms with Gasteiger partial charge >= 0.3 is 0 Å². The van der Waals surface area contributed by atoms with Crippen LogP contribution in [0.15, 0.2) is 30.6 Å². The van der Waals surface area contributed by atoms with E-state index >= 15 is 0 Å². The molecule has 1 aliphatic rings. The van der Waals surface area contributed by atoms with E-state index in [1.807, 2.05) is 11.0 Å². The maximum absolute atomic E-state index is 13.2. The lowest BCUT2D eigenvalue weighted by atomic mass is 10.00. The van der Waals surface area contributed by atoms with Crippen molar-refractivity contribution in [3.05, 3.63) is 47.8 Å². The van der Waals surface area contributed by atoms with Crippen molar-refractivity contribution >= 4 is 5.91 Å². The summed E-state index contributed by atoms with van der Waals surface area (Å²) in [5, 5.41) is 6.75. The van der Waals surface area contributed by atoms with Gasteiger partial charge in [0.05, 0.1) is 6.04 Å². The Bertz CT molecular complexity index is 629. The Hall–Kier alpha value is -2.24. The Balaban J connectivity index is 1.65. The number of carbonyl (C=O) groups is 1. The number of rotatable bonds is 4. The molecule has 22 heavy (non-hydrogen) atoms. The van der Waals surface area contributed by atoms with Crippen LogP contribution in [0.5, 0.6) is 0 Å². The maximum atomic E-state index is 13.2. The molecular formula is C16H19FN4O. The monoisotopic (exact) mass is 302 g/mol. The number of hydrogen-bond donors (Lipinski definition) is 1. The van der Waals surface area contributed by atoms with Crippen LogP contribution in [0, 0.1) is 5.82 Å². The molecule has 0 saturated carbocycles. The van der Waals surface area contributed by atoms with E-state index in [0.29, 0.717) is 12.8 Å². The van der Waals surface area contributed by atoms with Crippen LogP contribution in [0.2, 0.25) is 0 Å². The number of nitrogens with zero attached hydrogens (tertiary/aromatic N) is 3. The van der Waals surface area contributed by atoms with Gasteiger partial charge in [-0.2, -0.15) is 5.10 Å². The van der Waals surface area contributed by atoms with Crippen molar-refractivity contribution in [3.63, 3.8) is 0 Å². The molecule has 2 aromatic rings. The fraction of sp³-hybridized carbons (Fsp3) is 0.438. The van der Waals surface area contributed by atoms with Gasteiger partial charge in [-0.05, 0) is 43.4 Å². The number of piperidine rings is 1. The first-order chi connectivity index (χ1) is 10.7. The van der Waals surface area contributed by atoms with Gasteiger partial charge in [0.2, 0.25) is 5.91 Å². The van der Waals surface area contributed by atoms with Crippen molar-refractivity contribution in [2.75, 3.05) is 6.54 Å². The molecule has 0 radical (unpaired) electrons. The smallest absolute Gasteiger partial charge is 0.223 e. The third-order valence-corrected chi connectivity index (χ3v) is 4.09. The van der Waals surface area contributed by atoms with Crippen molar-refractivity contribution in [2.45, 2.75) is 38.1 Å². The molecular weight excluding hydrogens is 283 g/mol. The van der Waals surface area contributed by atoms with Gasteiger partial charge in [0.15, 0.2) is 0 Å². The Morgan fingerprint density at radius 3 is 3.09 bits per heavy atom. The minimum atomic E-state index is -0.262. The van der Waals surface area contributed by atoms with Crippen LogP contribution < -0.4 is 0 Å². The average Bonchev–Trinajstić information content (AvgIpc) is 3.07. The van der Waals surface area contributed by atoms with Crippen LogP contribution in [0.4, 0.5) is 4.39 Å². The molecule has 0 spiro atoms. The van der Waals surface area contributed by atoms with Crippen LogP contribution in [0.1, 0.15) is 43.1 Å². The average molecular weight is 302 g/mol. The summed E-state index contributed by atoms with van der Waals surface area (Å²) in [7, 11) is 0. The summed E-state index contributed by atoms with van der Waals surface area (Å²) in [5.41, 5.74) is 0.849. The van der Waals surface area contributed by atoms with Gasteiger partial charge < -0.3 is 4.90 Å². The second-order valence-corrected chi connectivity index (χ2v) is 5.60. The lowest BCUT2D eigenvalue weighted by molar-refractivity contribution is -0.135. The summed E-state index contributed by atoms with van der Waals surface area (Å²) in [5.74, 6) is 0.576. The second kappa shape index (κ2) is 6.68. The highest BCUT2D eigenvalue weighted by Gasteiger charge is 2.29. The molecule has 1 fully saturated rings. The van der Waals surface area contributed by atoms with E-state index in [0.717, 1.165) is 37.2 Å². The fourth-order valence-corrected chi connectivity index (χ4v) is 2.98. The van der Waals surface area contributed by atoms with Gasteiger partial charge in [0, 0.05) is 13.0 Å². The predicted octanol–water partition coefficient (Wildman–Crippen LogP) is 2.63. The first-order valence-electron chi connectivity index (χ1n) is 7.63. The minimum Gasteiger partial charge on any atom is -0.332 e. The highest BCUT2D eigenvalue weighted by atomic mass is 19.1. The van der Waals surface area contributed by atoms with E-state index < -0.39 is 0 Å². The zero-order valence-corrected chi connectivity index (χ0v) is 12.3. The summed E-state index contributed by atoms with van der Waals surface area (Å²) in [4.78, 5) is 18.6. The summed E-state index contributed by atoms with van der Waals surface area (Å²) in [6.45, 7) is 0.743. The maximum Gasteiger partial charge on any atom is 0.223 e. The van der Waals surface area contributed by atoms with Crippen molar-refractivity contribution < 1.29 is 9.18 Å². The zero-order valence-electron chi connectivity index (χ0n) is 12.3. The van der Waals surface area contributed by atoms with E-state index in [1.165, 1.54) is 18.5 Å². The Labute approximate surface area is 128 Å². The van der Waals surface area contributed by atoms with Crippen LogP contribution in [-0.4, -0.2) is 32.5 Å². The zero-order chi connectivity index (χ0) is 15.4. The largest absolute Gasteiger partial charge is 0.332 e. The number of halogens is 1. The highest BCUT2D eigenvalue weighted by molar-refractivity contribution is 5.77. The van der Waals surface area contributed by atoms with Crippen LogP contribution in [0.25, 0.3) is 0 Å². The molecule has 1 aromatic heterocycles. The molecule has 1 aliphatic heterocycles. The van der Waals surface area contributed by atoms with E-state index in [4.69, 9.17) is 0 Å². The van der Waals surface area contributed by atoms with Crippen molar-refractivity contribution in [1.29, 1.82) is 0 Å². The molecule has 0 aliphatic carbocycles. The molecule has 0 unspecified atom stereocenters. The summed E-state index contributed by atoms with van der Waals surface area (Å²) >= 11 is 0. The molecule has 2 heterocycles. The van der Waals surface area contributed by atoms with Crippen molar-refractivity contribution in [3.8, 4) is 0 Å². The minimum absolute atomic E-state index is 0.0174. The number of nitrogens with one attached hydrogen (secondary N) is 1. The predicted molar refractivity (Wildman–Crippen MR) is 79.4 cm³/mol. The molecule has 1 aromatic carbocycles. The standard InChI is InChI=1S/C16H19FN4O/c17-13-5-3-4-12(10-13)7-8-15(22)21-9-2-1-6-14(21)16-18-11-19-20-16/h3-5,10-11,14H,1-2,6-9H2,(H,18,19,20)/t14-/m0/s1. The van der Waals surface area contributed by atoms with E-state index in [9.17, 15) is 9.18 Å². The Morgan fingerprint density at radius 1 is 1.41 bits per heavy atom. The Morgan fingerprint density at radius 2 is 2.32 bits per heavy atom. The number of hydrogen-bond acceptors (Lipinski definition) is 3. The molecule has 1 atom stereocenters. The van der Waals surface area contributed by atoms with Crippen molar-refractivity contribution in [2.24, 2.45) is 0 Å². The first-order valence-corrected chi connectivity index (χ1v) is 7.63. The van der Waals surface area contributed by atoms with E-state index in [1.54, 1.807) is 6.07 Å². The van der Waals surface area contributed by atoms with Gasteiger partial charge in [-0.3, -0.25) is 9.89 Å². The second-order valence-electron chi connectivity index (χ2n) is 5.60. The number of amides is 1. The van der Waals surface area contributed by atoms with Crippen LogP contribution in [-0.2, 0) is 11.2 Å². The fourth-order valence-electron chi connectivity index (χ4n) is 2.98. The van der Waals surface area contributed by atoms with E-state index in [2.05, 4.69) is 15.2 Å². The topological polar surface area (TPSA) is 61.9 Å². The van der Waals surface area contributed by atoms with Crippen LogP contribution in [0.3, 0.4) is 0 Å². The number of aromatic amines is 1. The normalized spacial score (nSPS) is 18.4. The lowest BCUT2D eigenvalue weighted by Crippen LogP contribution is -2.39. The van der Waals surface area contributed by atoms with Gasteiger partial charge in [0.25, 0.3) is 0 Å².